The number of nitrogens with zero attached hydrogens (tertiary/aromatic N) is 3. The van der Waals surface area contributed by atoms with Crippen molar-refractivity contribution in [3.05, 3.63) is 57.1 Å². The van der Waals surface area contributed by atoms with Crippen LogP contribution in [-0.4, -0.2) is 41.0 Å². The van der Waals surface area contributed by atoms with Gasteiger partial charge in [-0.3, -0.25) is 14.7 Å². The molecule has 186 valence electrons. The summed E-state index contributed by atoms with van der Waals surface area (Å²) < 4.78 is 5.73. The number of hydrogen-bond acceptors (Lipinski definition) is 7. The van der Waals surface area contributed by atoms with Gasteiger partial charge < -0.3 is 10.1 Å². The molecule has 0 spiro atoms. The largest absolute Gasteiger partial charge is 0.449 e. The van der Waals surface area contributed by atoms with Crippen molar-refractivity contribution >= 4 is 39.1 Å². The van der Waals surface area contributed by atoms with E-state index >= 15 is 0 Å². The number of aromatic nitrogens is 1. The van der Waals surface area contributed by atoms with Gasteiger partial charge in [0, 0.05) is 41.0 Å². The van der Waals surface area contributed by atoms with Crippen LogP contribution < -0.4 is 5.32 Å². The van der Waals surface area contributed by atoms with Gasteiger partial charge >= 0.3 is 5.97 Å². The third kappa shape index (κ3) is 4.49. The second-order valence-electron chi connectivity index (χ2n) is 9.75. The van der Waals surface area contributed by atoms with Crippen LogP contribution in [0.3, 0.4) is 0 Å². The number of nitriles is 1. The summed E-state index contributed by atoms with van der Waals surface area (Å²) >= 11 is 1.47. The first kappa shape index (κ1) is 24.4. The molecular weight excluding hydrogens is 472 g/mol. The van der Waals surface area contributed by atoms with Gasteiger partial charge in [0.2, 0.25) is 0 Å². The Morgan fingerprint density at radius 1 is 1.31 bits per heavy atom. The van der Waals surface area contributed by atoms with Crippen LogP contribution in [0.4, 0.5) is 5.00 Å². The van der Waals surface area contributed by atoms with Gasteiger partial charge in [0.15, 0.2) is 6.10 Å². The molecule has 2 aliphatic rings. The maximum Gasteiger partial charge on any atom is 0.339 e. The molecule has 1 aliphatic heterocycles. The number of esters is 1. The minimum Gasteiger partial charge on any atom is -0.449 e. The minimum absolute atomic E-state index is 0.436. The summed E-state index contributed by atoms with van der Waals surface area (Å²) in [6.45, 7) is 8.28. The number of amides is 1. The number of ether oxygens (including phenoxy) is 1. The van der Waals surface area contributed by atoms with Crippen molar-refractivity contribution in [1.82, 2.24) is 9.88 Å². The molecule has 8 heteroatoms. The molecule has 5 rings (SSSR count). The highest BCUT2D eigenvalue weighted by molar-refractivity contribution is 7.16. The summed E-state index contributed by atoms with van der Waals surface area (Å²) in [6.07, 6.45) is 2.56. The fraction of sp³-hybridized carbons (Fsp3) is 0.429. The predicted molar refractivity (Wildman–Crippen MR) is 140 cm³/mol. The molecule has 0 fully saturated rings. The number of thiophene rings is 1. The molecule has 36 heavy (non-hydrogen) atoms. The van der Waals surface area contributed by atoms with E-state index in [1.807, 2.05) is 24.3 Å². The van der Waals surface area contributed by atoms with E-state index in [1.165, 1.54) is 16.2 Å². The van der Waals surface area contributed by atoms with Crippen molar-refractivity contribution < 1.29 is 14.3 Å². The van der Waals surface area contributed by atoms with Crippen LogP contribution in [0.25, 0.3) is 10.9 Å². The second-order valence-corrected chi connectivity index (χ2v) is 10.9. The Morgan fingerprint density at radius 2 is 2.11 bits per heavy atom. The summed E-state index contributed by atoms with van der Waals surface area (Å²) in [6, 6.07) is 9.84. The normalized spacial score (nSPS) is 18.1. The van der Waals surface area contributed by atoms with Crippen molar-refractivity contribution in [2.24, 2.45) is 5.92 Å². The molecule has 7 nitrogen and oxygen atoms in total. The van der Waals surface area contributed by atoms with Gasteiger partial charge in [0.25, 0.3) is 5.91 Å². The molecular formula is C28H30N4O3S. The molecule has 2 unspecified atom stereocenters. The number of likely N-dealkylation sites (N-methyl/N-ethyl adjacent to an activating group) is 1. The Bertz CT molecular complexity index is 1390. The number of carbonyl (C=O) groups is 2. The van der Waals surface area contributed by atoms with Crippen molar-refractivity contribution in [3.63, 3.8) is 0 Å². The van der Waals surface area contributed by atoms with E-state index in [2.05, 4.69) is 30.1 Å². The van der Waals surface area contributed by atoms with Gasteiger partial charge in [-0.15, -0.1) is 11.3 Å². The summed E-state index contributed by atoms with van der Waals surface area (Å²) in [5.41, 5.74) is 4.64. The van der Waals surface area contributed by atoms with Crippen LogP contribution in [0.1, 0.15) is 64.8 Å². The third-order valence-electron chi connectivity index (χ3n) is 7.29. The Kier molecular flexibility index (Phi) is 6.78. The summed E-state index contributed by atoms with van der Waals surface area (Å²) in [5, 5.41) is 13.9. The van der Waals surface area contributed by atoms with Gasteiger partial charge in [0.1, 0.15) is 11.1 Å². The Balaban J connectivity index is 1.39. The van der Waals surface area contributed by atoms with E-state index in [4.69, 9.17) is 9.72 Å². The van der Waals surface area contributed by atoms with Crippen molar-refractivity contribution in [1.29, 1.82) is 5.26 Å². The molecule has 2 atom stereocenters. The first-order valence-corrected chi connectivity index (χ1v) is 13.4. The molecule has 3 aromatic rings. The molecule has 2 aromatic heterocycles. The second kappa shape index (κ2) is 10.00. The number of fused-ring (bicyclic) bond motifs is 3. The number of benzene rings is 1. The predicted octanol–water partition coefficient (Wildman–Crippen LogP) is 4.85. The van der Waals surface area contributed by atoms with Crippen LogP contribution in [-0.2, 0) is 35.3 Å². The van der Waals surface area contributed by atoms with E-state index in [-0.39, 0.29) is 0 Å². The number of para-hydroxylation sites is 1. The van der Waals surface area contributed by atoms with Gasteiger partial charge in [-0.05, 0) is 50.3 Å². The van der Waals surface area contributed by atoms with Crippen molar-refractivity contribution in [2.75, 3.05) is 18.4 Å². The third-order valence-corrected chi connectivity index (χ3v) is 8.46. The van der Waals surface area contributed by atoms with Crippen LogP contribution in [0.15, 0.2) is 24.3 Å². The van der Waals surface area contributed by atoms with Gasteiger partial charge in [-0.2, -0.15) is 5.26 Å². The standard InChI is InChI=1S/C28H30N4O3S/c1-4-32-12-11-23-21(15-32)25(19-7-5-6-8-22(19)30-23)28(34)35-17(3)26(33)31-27-20(14-29)18-10-9-16(2)13-24(18)36-27/h5-8,16-17H,4,9-13,15H2,1-3H3,(H,31,33). The van der Waals surface area contributed by atoms with E-state index in [0.29, 0.717) is 28.6 Å². The average Bonchev–Trinajstić information content (AvgIpc) is 3.22. The lowest BCUT2D eigenvalue weighted by atomic mass is 9.88. The summed E-state index contributed by atoms with van der Waals surface area (Å²) in [5.74, 6) is -0.393. The zero-order valence-electron chi connectivity index (χ0n) is 20.9. The first-order valence-electron chi connectivity index (χ1n) is 12.6. The Labute approximate surface area is 215 Å². The molecule has 1 aromatic carbocycles. The van der Waals surface area contributed by atoms with Crippen molar-refractivity contribution in [3.8, 4) is 6.07 Å². The van der Waals surface area contributed by atoms with Crippen LogP contribution in [0.5, 0.6) is 0 Å². The monoisotopic (exact) mass is 502 g/mol. The smallest absolute Gasteiger partial charge is 0.339 e. The topological polar surface area (TPSA) is 95.3 Å². The number of carbonyl (C=O) groups excluding carboxylic acids is 2. The molecule has 1 N–H and O–H groups in total. The molecule has 0 saturated heterocycles. The van der Waals surface area contributed by atoms with E-state index in [0.717, 1.165) is 66.5 Å². The van der Waals surface area contributed by atoms with E-state index in [1.54, 1.807) is 6.92 Å². The van der Waals surface area contributed by atoms with Crippen molar-refractivity contribution in [2.45, 2.75) is 59.1 Å². The lowest BCUT2D eigenvalue weighted by Crippen LogP contribution is -2.34. The molecule has 3 heterocycles. The Hall–Kier alpha value is -3.28. The van der Waals surface area contributed by atoms with Gasteiger partial charge in [0.05, 0.1) is 16.6 Å². The van der Waals surface area contributed by atoms with Crippen LogP contribution >= 0.6 is 11.3 Å². The fourth-order valence-corrected chi connectivity index (χ4v) is 6.56. The first-order chi connectivity index (χ1) is 17.4. The zero-order valence-corrected chi connectivity index (χ0v) is 21.7. The summed E-state index contributed by atoms with van der Waals surface area (Å²) in [7, 11) is 0. The zero-order chi connectivity index (χ0) is 25.4. The average molecular weight is 503 g/mol. The molecule has 1 aliphatic carbocycles. The lowest BCUT2D eigenvalue weighted by Gasteiger charge is -2.29. The molecule has 1 amide bonds. The van der Waals surface area contributed by atoms with E-state index in [9.17, 15) is 14.9 Å². The Morgan fingerprint density at radius 3 is 2.89 bits per heavy atom. The highest BCUT2D eigenvalue weighted by Crippen LogP contribution is 2.39. The van der Waals surface area contributed by atoms with Crippen LogP contribution in [0, 0.1) is 17.2 Å². The highest BCUT2D eigenvalue weighted by Gasteiger charge is 2.30. The van der Waals surface area contributed by atoms with Gasteiger partial charge in [-0.25, -0.2) is 4.79 Å². The number of nitrogens with one attached hydrogen (secondary N) is 1. The van der Waals surface area contributed by atoms with E-state index < -0.39 is 18.0 Å². The molecule has 0 radical (unpaired) electrons. The maximum atomic E-state index is 13.5. The number of rotatable bonds is 5. The highest BCUT2D eigenvalue weighted by atomic mass is 32.1. The SMILES string of the molecule is CCN1CCc2nc3ccccc3c(C(=O)OC(C)C(=O)Nc3sc4c(c3C#N)CCC(C)C4)c2C1. The quantitative estimate of drug-likeness (QED) is 0.501. The minimum atomic E-state index is -1.02. The lowest BCUT2D eigenvalue weighted by molar-refractivity contribution is -0.123. The number of hydrogen-bond donors (Lipinski definition) is 1. The fourth-order valence-electron chi connectivity index (χ4n) is 5.19. The van der Waals surface area contributed by atoms with Gasteiger partial charge in [-0.1, -0.05) is 32.0 Å². The summed E-state index contributed by atoms with van der Waals surface area (Å²) in [4.78, 5) is 34.8. The molecule has 0 saturated carbocycles. The number of pyridine rings is 1. The maximum absolute atomic E-state index is 13.5. The van der Waals surface area contributed by atoms with Crippen LogP contribution in [0.2, 0.25) is 0 Å². The molecule has 0 bridgehead atoms. The number of anilines is 1.